The number of likely N-dealkylation sites (tertiary alicyclic amines) is 1. The summed E-state index contributed by atoms with van der Waals surface area (Å²) < 4.78 is 7.51. The fourth-order valence-electron chi connectivity index (χ4n) is 3.33. The number of ether oxygens (including phenoxy) is 1. The number of piperidine rings is 1. The van der Waals surface area contributed by atoms with Gasteiger partial charge in [0.25, 0.3) is 0 Å². The lowest BCUT2D eigenvalue weighted by molar-refractivity contribution is 0.204. The summed E-state index contributed by atoms with van der Waals surface area (Å²) in [4.78, 5) is 15.4. The molecule has 4 rings (SSSR count). The molecule has 2 fully saturated rings. The average molecular weight is 328 g/mol. The molecule has 128 valence electrons. The van der Waals surface area contributed by atoms with Crippen molar-refractivity contribution in [3.63, 3.8) is 0 Å². The molecule has 1 saturated heterocycles. The summed E-state index contributed by atoms with van der Waals surface area (Å²) in [5.41, 5.74) is 0. The zero-order valence-corrected chi connectivity index (χ0v) is 14.1. The molecular weight excluding hydrogens is 304 g/mol. The Balaban J connectivity index is 1.29. The molecule has 0 aromatic carbocycles. The Bertz CT molecular complexity index is 675. The molecule has 3 heterocycles. The minimum Gasteiger partial charge on any atom is -0.481 e. The molecule has 1 N–H and O–H groups in total. The Kier molecular flexibility index (Phi) is 4.34. The SMILES string of the molecule is COc1cc(NC2CCN(Cc3nccn3C3CC3)CC2)ncn1. The van der Waals surface area contributed by atoms with Gasteiger partial charge >= 0.3 is 0 Å². The van der Waals surface area contributed by atoms with E-state index in [4.69, 9.17) is 4.74 Å². The molecule has 1 saturated carbocycles. The lowest BCUT2D eigenvalue weighted by Crippen LogP contribution is -2.39. The van der Waals surface area contributed by atoms with E-state index in [1.54, 1.807) is 7.11 Å². The Hall–Kier alpha value is -2.15. The molecule has 0 radical (unpaired) electrons. The Morgan fingerprint density at radius 3 is 2.75 bits per heavy atom. The van der Waals surface area contributed by atoms with Gasteiger partial charge < -0.3 is 14.6 Å². The highest BCUT2D eigenvalue weighted by atomic mass is 16.5. The van der Waals surface area contributed by atoms with Crippen molar-refractivity contribution in [1.29, 1.82) is 0 Å². The van der Waals surface area contributed by atoms with Crippen molar-refractivity contribution in [2.45, 2.75) is 44.3 Å². The van der Waals surface area contributed by atoms with Crippen LogP contribution in [0, 0.1) is 0 Å². The highest BCUT2D eigenvalue weighted by Gasteiger charge is 2.27. The first-order chi connectivity index (χ1) is 11.8. The van der Waals surface area contributed by atoms with E-state index in [0.29, 0.717) is 18.0 Å². The average Bonchev–Trinajstić information content (AvgIpc) is 3.36. The molecule has 0 spiro atoms. The number of nitrogens with one attached hydrogen (secondary N) is 1. The van der Waals surface area contributed by atoms with E-state index < -0.39 is 0 Å². The summed E-state index contributed by atoms with van der Waals surface area (Å²) in [6.45, 7) is 3.12. The first kappa shape index (κ1) is 15.4. The number of rotatable bonds is 6. The third-order valence-corrected chi connectivity index (χ3v) is 4.84. The van der Waals surface area contributed by atoms with Gasteiger partial charge in [-0.3, -0.25) is 4.90 Å². The van der Waals surface area contributed by atoms with Crippen LogP contribution in [0.3, 0.4) is 0 Å². The zero-order chi connectivity index (χ0) is 16.4. The highest BCUT2D eigenvalue weighted by Crippen LogP contribution is 2.35. The van der Waals surface area contributed by atoms with Gasteiger partial charge in [-0.25, -0.2) is 15.0 Å². The van der Waals surface area contributed by atoms with Gasteiger partial charge in [-0.05, 0) is 25.7 Å². The third-order valence-electron chi connectivity index (χ3n) is 4.84. The fourth-order valence-corrected chi connectivity index (χ4v) is 3.33. The van der Waals surface area contributed by atoms with E-state index in [1.807, 2.05) is 12.3 Å². The minimum absolute atomic E-state index is 0.448. The number of hydrogen-bond acceptors (Lipinski definition) is 6. The van der Waals surface area contributed by atoms with E-state index in [0.717, 1.165) is 38.3 Å². The maximum atomic E-state index is 5.15. The number of imidazole rings is 1. The maximum Gasteiger partial charge on any atom is 0.218 e. The van der Waals surface area contributed by atoms with Gasteiger partial charge in [0.05, 0.1) is 13.7 Å². The zero-order valence-electron chi connectivity index (χ0n) is 14.1. The minimum atomic E-state index is 0.448. The van der Waals surface area contributed by atoms with E-state index >= 15 is 0 Å². The number of anilines is 1. The van der Waals surface area contributed by atoms with E-state index in [9.17, 15) is 0 Å². The number of hydrogen-bond donors (Lipinski definition) is 1. The number of aromatic nitrogens is 4. The van der Waals surface area contributed by atoms with Crippen molar-refractivity contribution in [3.05, 3.63) is 30.6 Å². The van der Waals surface area contributed by atoms with Gasteiger partial charge in [-0.1, -0.05) is 0 Å². The van der Waals surface area contributed by atoms with Crippen LogP contribution in [0.1, 0.15) is 37.5 Å². The van der Waals surface area contributed by atoms with Gasteiger partial charge in [-0.2, -0.15) is 0 Å². The number of methoxy groups -OCH3 is 1. The highest BCUT2D eigenvalue weighted by molar-refractivity contribution is 5.38. The predicted molar refractivity (Wildman–Crippen MR) is 91.0 cm³/mol. The van der Waals surface area contributed by atoms with E-state index in [-0.39, 0.29) is 0 Å². The predicted octanol–water partition coefficient (Wildman–Crippen LogP) is 2.09. The molecule has 7 nitrogen and oxygen atoms in total. The van der Waals surface area contributed by atoms with Crippen LogP contribution in [0.15, 0.2) is 24.8 Å². The van der Waals surface area contributed by atoms with E-state index in [1.165, 1.54) is 25.0 Å². The molecular formula is C17H24N6O. The monoisotopic (exact) mass is 328 g/mol. The maximum absolute atomic E-state index is 5.15. The summed E-state index contributed by atoms with van der Waals surface area (Å²) in [7, 11) is 1.62. The molecule has 2 aromatic rings. The van der Waals surface area contributed by atoms with Crippen LogP contribution >= 0.6 is 0 Å². The first-order valence-corrected chi connectivity index (χ1v) is 8.68. The Morgan fingerprint density at radius 1 is 1.17 bits per heavy atom. The summed E-state index contributed by atoms with van der Waals surface area (Å²) in [5.74, 6) is 2.64. The standard InChI is InChI=1S/C17H24N6O/c1-24-17-10-15(19-12-20-17)21-13-4-7-22(8-5-13)11-16-18-6-9-23(16)14-2-3-14/h6,9-10,12-14H,2-5,7-8,11H2,1H3,(H,19,20,21). The van der Waals surface area contributed by atoms with Gasteiger partial charge in [0.2, 0.25) is 5.88 Å². The summed E-state index contributed by atoms with van der Waals surface area (Å²) in [6.07, 6.45) is 10.4. The molecule has 0 unspecified atom stereocenters. The molecule has 2 aromatic heterocycles. The van der Waals surface area contributed by atoms with Crippen molar-refractivity contribution in [2.75, 3.05) is 25.5 Å². The summed E-state index contributed by atoms with van der Waals surface area (Å²) in [5, 5.41) is 3.50. The van der Waals surface area contributed by atoms with Crippen LogP contribution < -0.4 is 10.1 Å². The fraction of sp³-hybridized carbons (Fsp3) is 0.588. The van der Waals surface area contributed by atoms with Crippen molar-refractivity contribution in [3.8, 4) is 5.88 Å². The van der Waals surface area contributed by atoms with Crippen molar-refractivity contribution in [2.24, 2.45) is 0 Å². The topological polar surface area (TPSA) is 68.1 Å². The molecule has 24 heavy (non-hydrogen) atoms. The van der Waals surface area contributed by atoms with Crippen molar-refractivity contribution >= 4 is 5.82 Å². The second-order valence-electron chi connectivity index (χ2n) is 6.62. The van der Waals surface area contributed by atoms with Crippen LogP contribution in [-0.4, -0.2) is 50.7 Å². The van der Waals surface area contributed by atoms with Crippen molar-refractivity contribution in [1.82, 2.24) is 24.4 Å². The third kappa shape index (κ3) is 3.51. The van der Waals surface area contributed by atoms with Crippen LogP contribution in [0.5, 0.6) is 5.88 Å². The van der Waals surface area contributed by atoms with Gasteiger partial charge in [0.15, 0.2) is 0 Å². The van der Waals surface area contributed by atoms with Gasteiger partial charge in [-0.15, -0.1) is 0 Å². The normalized spacial score (nSPS) is 19.4. The first-order valence-electron chi connectivity index (χ1n) is 8.68. The lowest BCUT2D eigenvalue weighted by Gasteiger charge is -2.32. The second-order valence-corrected chi connectivity index (χ2v) is 6.62. The molecule has 0 amide bonds. The smallest absolute Gasteiger partial charge is 0.218 e. The molecule has 7 heteroatoms. The molecule has 0 bridgehead atoms. The Morgan fingerprint density at radius 2 is 2.00 bits per heavy atom. The van der Waals surface area contributed by atoms with Crippen LogP contribution in [0.2, 0.25) is 0 Å². The van der Waals surface area contributed by atoms with Crippen LogP contribution in [0.25, 0.3) is 0 Å². The van der Waals surface area contributed by atoms with Gasteiger partial charge in [0.1, 0.15) is 18.0 Å². The van der Waals surface area contributed by atoms with E-state index in [2.05, 4.69) is 35.9 Å². The Labute approximate surface area is 142 Å². The lowest BCUT2D eigenvalue weighted by atomic mass is 10.1. The van der Waals surface area contributed by atoms with Gasteiger partial charge in [0, 0.05) is 43.6 Å². The molecule has 0 atom stereocenters. The summed E-state index contributed by atoms with van der Waals surface area (Å²) in [6, 6.07) is 3.00. The molecule has 1 aliphatic heterocycles. The summed E-state index contributed by atoms with van der Waals surface area (Å²) >= 11 is 0. The van der Waals surface area contributed by atoms with Crippen LogP contribution in [-0.2, 0) is 6.54 Å². The molecule has 2 aliphatic rings. The second kappa shape index (κ2) is 6.76. The largest absolute Gasteiger partial charge is 0.481 e. The molecule has 1 aliphatic carbocycles. The number of nitrogens with zero attached hydrogens (tertiary/aromatic N) is 5. The van der Waals surface area contributed by atoms with Crippen molar-refractivity contribution < 1.29 is 4.74 Å². The quantitative estimate of drug-likeness (QED) is 0.876. The van der Waals surface area contributed by atoms with Crippen LogP contribution in [0.4, 0.5) is 5.82 Å².